The van der Waals surface area contributed by atoms with Crippen LogP contribution in [0, 0.1) is 0 Å². The average Bonchev–Trinajstić information content (AvgIpc) is 2.48. The van der Waals surface area contributed by atoms with Crippen LogP contribution in [-0.2, 0) is 0 Å². The number of hydrogen-bond donors (Lipinski definition) is 3. The molecule has 2 aromatic heterocycles. The molecule has 0 unspecified atom stereocenters. The fourth-order valence-electron chi connectivity index (χ4n) is 1.48. The van der Waals surface area contributed by atoms with E-state index in [1.807, 2.05) is 0 Å². The van der Waals surface area contributed by atoms with E-state index in [9.17, 15) is 4.79 Å². The van der Waals surface area contributed by atoms with Crippen molar-refractivity contribution >= 4 is 17.3 Å². The molecule has 0 saturated carbocycles. The zero-order valence-corrected chi connectivity index (χ0v) is 10.3. The fourth-order valence-corrected chi connectivity index (χ4v) is 1.48. The third-order valence-corrected chi connectivity index (χ3v) is 2.42. The molecule has 98 valence electrons. The molecular formula is C12H13N5O2. The Hall–Kier alpha value is -2.67. The largest absolute Gasteiger partial charge is 0.481 e. The molecule has 0 spiro atoms. The number of carbonyl (C=O) groups excluding carboxylic acids is 1. The van der Waals surface area contributed by atoms with Gasteiger partial charge in [-0.15, -0.1) is 0 Å². The maximum atomic E-state index is 12.1. The SMILES string of the molecule is COc1ccc(NC(=O)c2ccncc2NN)cn1. The number of pyridine rings is 2. The van der Waals surface area contributed by atoms with Crippen LogP contribution in [0.5, 0.6) is 5.88 Å². The summed E-state index contributed by atoms with van der Waals surface area (Å²) in [6, 6.07) is 4.92. The Bertz CT molecular complexity index is 571. The van der Waals surface area contributed by atoms with Crippen molar-refractivity contribution in [3.63, 3.8) is 0 Å². The van der Waals surface area contributed by atoms with Crippen LogP contribution in [0.4, 0.5) is 11.4 Å². The predicted octanol–water partition coefficient (Wildman–Crippen LogP) is 1.02. The van der Waals surface area contributed by atoms with Gasteiger partial charge in [0.05, 0.1) is 36.4 Å². The van der Waals surface area contributed by atoms with Gasteiger partial charge in [0, 0.05) is 12.3 Å². The van der Waals surface area contributed by atoms with Crippen molar-refractivity contribution in [2.24, 2.45) is 5.84 Å². The second-order valence-electron chi connectivity index (χ2n) is 3.61. The van der Waals surface area contributed by atoms with Crippen LogP contribution < -0.4 is 21.3 Å². The highest BCUT2D eigenvalue weighted by molar-refractivity contribution is 6.07. The number of carbonyl (C=O) groups is 1. The van der Waals surface area contributed by atoms with Crippen LogP contribution in [0.25, 0.3) is 0 Å². The Morgan fingerprint density at radius 2 is 2.16 bits per heavy atom. The number of nitrogens with zero attached hydrogens (tertiary/aromatic N) is 2. The minimum atomic E-state index is -0.303. The standard InChI is InChI=1S/C12H13N5O2/c1-19-11-3-2-8(6-15-11)16-12(18)9-4-5-14-7-10(9)17-13/h2-7,17H,13H2,1H3,(H,16,18). The van der Waals surface area contributed by atoms with Crippen molar-refractivity contribution in [3.8, 4) is 5.88 Å². The summed E-state index contributed by atoms with van der Waals surface area (Å²) in [5.41, 5.74) is 3.82. The number of ether oxygens (including phenoxy) is 1. The van der Waals surface area contributed by atoms with E-state index in [1.165, 1.54) is 25.7 Å². The van der Waals surface area contributed by atoms with Gasteiger partial charge in [0.15, 0.2) is 0 Å². The van der Waals surface area contributed by atoms with Crippen molar-refractivity contribution in [3.05, 3.63) is 42.4 Å². The average molecular weight is 259 g/mol. The number of hydrogen-bond acceptors (Lipinski definition) is 6. The minimum absolute atomic E-state index is 0.303. The first kappa shape index (κ1) is 12.8. The van der Waals surface area contributed by atoms with Crippen LogP contribution in [0.15, 0.2) is 36.8 Å². The maximum absolute atomic E-state index is 12.1. The smallest absolute Gasteiger partial charge is 0.257 e. The van der Waals surface area contributed by atoms with Gasteiger partial charge in [-0.2, -0.15) is 0 Å². The molecule has 0 aliphatic carbocycles. The van der Waals surface area contributed by atoms with E-state index >= 15 is 0 Å². The molecule has 0 aromatic carbocycles. The zero-order valence-electron chi connectivity index (χ0n) is 10.3. The van der Waals surface area contributed by atoms with Crippen LogP contribution in [0.2, 0.25) is 0 Å². The van der Waals surface area contributed by atoms with Gasteiger partial charge in [-0.05, 0) is 12.1 Å². The Balaban J connectivity index is 2.16. The number of nitrogens with one attached hydrogen (secondary N) is 2. The number of hydrazine groups is 1. The van der Waals surface area contributed by atoms with E-state index < -0.39 is 0 Å². The van der Waals surface area contributed by atoms with Crippen molar-refractivity contribution in [1.29, 1.82) is 0 Å². The van der Waals surface area contributed by atoms with Crippen LogP contribution in [-0.4, -0.2) is 23.0 Å². The van der Waals surface area contributed by atoms with Crippen molar-refractivity contribution in [1.82, 2.24) is 9.97 Å². The number of nitrogens with two attached hydrogens (primary N) is 1. The van der Waals surface area contributed by atoms with Gasteiger partial charge in [0.1, 0.15) is 0 Å². The lowest BCUT2D eigenvalue weighted by Crippen LogP contribution is -2.17. The molecule has 7 nitrogen and oxygen atoms in total. The van der Waals surface area contributed by atoms with Gasteiger partial charge < -0.3 is 15.5 Å². The highest BCUT2D eigenvalue weighted by Gasteiger charge is 2.11. The van der Waals surface area contributed by atoms with Gasteiger partial charge in [-0.25, -0.2) is 4.98 Å². The normalized spacial score (nSPS) is 9.79. The molecule has 2 aromatic rings. The number of rotatable bonds is 4. The molecule has 0 radical (unpaired) electrons. The molecule has 1 amide bonds. The molecule has 2 rings (SSSR count). The summed E-state index contributed by atoms with van der Waals surface area (Å²) in [4.78, 5) is 19.9. The molecule has 0 atom stereocenters. The summed E-state index contributed by atoms with van der Waals surface area (Å²) in [6.07, 6.45) is 4.50. The lowest BCUT2D eigenvalue weighted by molar-refractivity contribution is 0.102. The molecule has 0 aliphatic heterocycles. The van der Waals surface area contributed by atoms with E-state index in [0.29, 0.717) is 22.8 Å². The summed E-state index contributed by atoms with van der Waals surface area (Å²) < 4.78 is 4.94. The third kappa shape index (κ3) is 2.96. The summed E-state index contributed by atoms with van der Waals surface area (Å²) in [6.45, 7) is 0. The van der Waals surface area contributed by atoms with E-state index in [1.54, 1.807) is 18.2 Å². The van der Waals surface area contributed by atoms with E-state index in [-0.39, 0.29) is 5.91 Å². The molecular weight excluding hydrogens is 246 g/mol. The second-order valence-corrected chi connectivity index (χ2v) is 3.61. The van der Waals surface area contributed by atoms with Gasteiger partial charge in [-0.1, -0.05) is 0 Å². The first-order valence-electron chi connectivity index (χ1n) is 5.46. The lowest BCUT2D eigenvalue weighted by Gasteiger charge is -2.09. The predicted molar refractivity (Wildman–Crippen MR) is 70.8 cm³/mol. The summed E-state index contributed by atoms with van der Waals surface area (Å²) >= 11 is 0. The van der Waals surface area contributed by atoms with Crippen LogP contribution in [0.3, 0.4) is 0 Å². The first-order valence-corrected chi connectivity index (χ1v) is 5.46. The van der Waals surface area contributed by atoms with E-state index in [0.717, 1.165) is 0 Å². The topological polar surface area (TPSA) is 102 Å². The van der Waals surface area contributed by atoms with Crippen molar-refractivity contribution in [2.75, 3.05) is 17.9 Å². The second kappa shape index (κ2) is 5.78. The number of aromatic nitrogens is 2. The fraction of sp³-hybridized carbons (Fsp3) is 0.0833. The van der Waals surface area contributed by atoms with Crippen LogP contribution in [0.1, 0.15) is 10.4 Å². The first-order chi connectivity index (χ1) is 9.24. The Morgan fingerprint density at radius 3 is 2.79 bits per heavy atom. The molecule has 0 aliphatic rings. The Morgan fingerprint density at radius 1 is 1.32 bits per heavy atom. The Labute approximate surface area is 109 Å². The molecule has 4 N–H and O–H groups in total. The number of amides is 1. The lowest BCUT2D eigenvalue weighted by atomic mass is 10.2. The van der Waals surface area contributed by atoms with E-state index in [4.69, 9.17) is 10.6 Å². The monoisotopic (exact) mass is 259 g/mol. The summed E-state index contributed by atoms with van der Waals surface area (Å²) in [5, 5.41) is 2.70. The number of anilines is 2. The molecule has 7 heteroatoms. The highest BCUT2D eigenvalue weighted by Crippen LogP contribution is 2.16. The van der Waals surface area contributed by atoms with Crippen molar-refractivity contribution < 1.29 is 9.53 Å². The zero-order chi connectivity index (χ0) is 13.7. The molecule has 0 saturated heterocycles. The van der Waals surface area contributed by atoms with Gasteiger partial charge >= 0.3 is 0 Å². The number of nitrogen functional groups attached to an aromatic ring is 1. The molecule has 0 fully saturated rings. The van der Waals surface area contributed by atoms with Gasteiger partial charge in [0.25, 0.3) is 5.91 Å². The molecule has 0 bridgehead atoms. The molecule has 19 heavy (non-hydrogen) atoms. The van der Waals surface area contributed by atoms with Crippen LogP contribution >= 0.6 is 0 Å². The Kier molecular flexibility index (Phi) is 3.89. The van der Waals surface area contributed by atoms with Gasteiger partial charge in [0.2, 0.25) is 5.88 Å². The minimum Gasteiger partial charge on any atom is -0.481 e. The van der Waals surface area contributed by atoms with E-state index in [2.05, 4.69) is 20.7 Å². The quantitative estimate of drug-likeness (QED) is 0.559. The maximum Gasteiger partial charge on any atom is 0.257 e. The summed E-state index contributed by atoms with van der Waals surface area (Å²) in [7, 11) is 1.52. The highest BCUT2D eigenvalue weighted by atomic mass is 16.5. The van der Waals surface area contributed by atoms with Crippen molar-refractivity contribution in [2.45, 2.75) is 0 Å². The van der Waals surface area contributed by atoms with Gasteiger partial charge in [-0.3, -0.25) is 15.6 Å². The molecule has 2 heterocycles. The number of methoxy groups -OCH3 is 1. The summed E-state index contributed by atoms with van der Waals surface area (Å²) in [5.74, 6) is 5.50. The third-order valence-electron chi connectivity index (χ3n) is 2.42.